The Labute approximate surface area is 194 Å². The Bertz CT molecular complexity index is 1330. The number of fused-ring (bicyclic) bond motifs is 1. The second-order valence-electron chi connectivity index (χ2n) is 8.26. The van der Waals surface area contributed by atoms with Crippen molar-refractivity contribution in [3.05, 3.63) is 58.5 Å². The summed E-state index contributed by atoms with van der Waals surface area (Å²) in [5.41, 5.74) is 9.30. The van der Waals surface area contributed by atoms with Crippen molar-refractivity contribution in [2.75, 3.05) is 18.0 Å². The number of piperidine rings is 1. The topological polar surface area (TPSA) is 101 Å². The number of thioether (sulfide) groups is 1. The summed E-state index contributed by atoms with van der Waals surface area (Å²) in [7, 11) is 0. The number of nitrogens with two attached hydrogens (primary N) is 1. The first-order chi connectivity index (χ1) is 15.9. The Morgan fingerprint density at radius 2 is 2.06 bits per heavy atom. The van der Waals surface area contributed by atoms with Crippen LogP contribution in [0.4, 0.5) is 14.9 Å². The van der Waals surface area contributed by atoms with Crippen molar-refractivity contribution >= 4 is 45.6 Å². The number of nitrogens with one attached hydrogen (secondary N) is 1. The summed E-state index contributed by atoms with van der Waals surface area (Å²) in [6.45, 7) is 3.22. The average molecular weight is 464 g/mol. The number of benzene rings is 2. The van der Waals surface area contributed by atoms with E-state index in [1.807, 2.05) is 29.2 Å². The molecule has 7 nitrogen and oxygen atoms in total. The van der Waals surface area contributed by atoms with Crippen molar-refractivity contribution in [2.24, 2.45) is 5.73 Å². The molecule has 0 radical (unpaired) electrons. The first kappa shape index (κ1) is 21.5. The second-order valence-corrected chi connectivity index (χ2v) is 9.28. The smallest absolute Gasteiger partial charge is 0.290 e. The maximum atomic E-state index is 15.2. The van der Waals surface area contributed by atoms with Gasteiger partial charge in [0.2, 0.25) is 0 Å². The fourth-order valence-corrected chi connectivity index (χ4v) is 4.97. The summed E-state index contributed by atoms with van der Waals surface area (Å²) < 4.78 is 15.2. The summed E-state index contributed by atoms with van der Waals surface area (Å²) in [6, 6.07) is 10.7. The highest BCUT2D eigenvalue weighted by Crippen LogP contribution is 2.32. The van der Waals surface area contributed by atoms with E-state index < -0.39 is 11.1 Å². The van der Waals surface area contributed by atoms with Crippen molar-refractivity contribution in [3.63, 3.8) is 0 Å². The Morgan fingerprint density at radius 3 is 2.79 bits per heavy atom. The number of imide groups is 1. The number of hydrogen-bond donors (Lipinski definition) is 2. The molecule has 1 aromatic heterocycles. The third-order valence-corrected chi connectivity index (χ3v) is 6.60. The monoisotopic (exact) mass is 463 g/mol. The van der Waals surface area contributed by atoms with Gasteiger partial charge in [-0.05, 0) is 67.4 Å². The van der Waals surface area contributed by atoms with Crippen LogP contribution in [-0.4, -0.2) is 40.2 Å². The fourth-order valence-electron chi connectivity index (χ4n) is 4.28. The molecule has 5 rings (SSSR count). The van der Waals surface area contributed by atoms with Crippen LogP contribution in [0.25, 0.3) is 28.2 Å². The van der Waals surface area contributed by atoms with Gasteiger partial charge in [0.05, 0.1) is 21.8 Å². The number of aromatic nitrogens is 2. The van der Waals surface area contributed by atoms with E-state index >= 15 is 4.39 Å². The second kappa shape index (κ2) is 8.57. The molecule has 0 saturated carbocycles. The molecular formula is C24H22FN5O2S. The zero-order valence-electron chi connectivity index (χ0n) is 18.0. The molecule has 2 aliphatic rings. The number of carbonyl (C=O) groups is 2. The van der Waals surface area contributed by atoms with E-state index in [2.05, 4.69) is 15.3 Å². The van der Waals surface area contributed by atoms with E-state index in [1.54, 1.807) is 19.1 Å². The zero-order chi connectivity index (χ0) is 23.1. The summed E-state index contributed by atoms with van der Waals surface area (Å²) in [4.78, 5) is 34.8. The van der Waals surface area contributed by atoms with Crippen LogP contribution >= 0.6 is 11.8 Å². The third-order valence-electron chi connectivity index (χ3n) is 5.79. The lowest BCUT2D eigenvalue weighted by molar-refractivity contribution is -0.115. The number of nitrogens with zero attached hydrogens (tertiary/aromatic N) is 3. The lowest BCUT2D eigenvalue weighted by Crippen LogP contribution is -2.43. The predicted octanol–water partition coefficient (Wildman–Crippen LogP) is 4.00. The normalized spacial score (nSPS) is 20.0. The van der Waals surface area contributed by atoms with Gasteiger partial charge in [-0.15, -0.1) is 0 Å². The van der Waals surface area contributed by atoms with E-state index in [1.165, 1.54) is 6.07 Å². The molecule has 0 aliphatic carbocycles. The largest absolute Gasteiger partial charge is 0.368 e. The first-order valence-electron chi connectivity index (χ1n) is 10.7. The fraction of sp³-hybridized carbons (Fsp3) is 0.250. The Morgan fingerprint density at radius 1 is 1.21 bits per heavy atom. The Balaban J connectivity index is 1.56. The van der Waals surface area contributed by atoms with Gasteiger partial charge in [-0.3, -0.25) is 14.9 Å². The molecule has 0 spiro atoms. The molecule has 0 unspecified atom stereocenters. The lowest BCUT2D eigenvalue weighted by Gasteiger charge is -2.32. The molecule has 2 saturated heterocycles. The molecule has 3 aromatic rings. The quantitative estimate of drug-likeness (QED) is 0.566. The number of rotatable bonds is 3. The minimum absolute atomic E-state index is 0.0502. The molecule has 168 valence electrons. The van der Waals surface area contributed by atoms with Crippen molar-refractivity contribution in [2.45, 2.75) is 25.8 Å². The van der Waals surface area contributed by atoms with E-state index in [0.717, 1.165) is 42.1 Å². The number of anilines is 1. The van der Waals surface area contributed by atoms with Crippen molar-refractivity contribution < 1.29 is 14.0 Å². The van der Waals surface area contributed by atoms with Gasteiger partial charge in [0.1, 0.15) is 11.6 Å². The lowest BCUT2D eigenvalue weighted by atomic mass is 10.0. The summed E-state index contributed by atoms with van der Waals surface area (Å²) in [6.07, 6.45) is 3.55. The molecule has 3 N–H and O–H groups in total. The van der Waals surface area contributed by atoms with Crippen LogP contribution < -0.4 is 16.0 Å². The molecule has 9 heteroatoms. The van der Waals surface area contributed by atoms with Crippen molar-refractivity contribution in [3.8, 4) is 11.3 Å². The summed E-state index contributed by atoms with van der Waals surface area (Å²) in [5.74, 6) is -0.159. The zero-order valence-corrected chi connectivity index (χ0v) is 18.8. The molecule has 1 atom stereocenters. The molecule has 2 fully saturated rings. The minimum Gasteiger partial charge on any atom is -0.368 e. The molecule has 2 amide bonds. The standard InChI is InChI=1S/C24H22FN5O2S/c1-13-27-19-6-4-14(10-21-23(31)29-24(32)33-21)9-17(19)22(28-13)15-5-7-20(18(25)11-15)30-8-2-3-16(26)12-30/h4-7,9-11,16H,2-3,8,12,26H2,1H3,(H,29,31,32)/b21-10-/t16-/m1/s1. The molecule has 0 bridgehead atoms. The highest BCUT2D eigenvalue weighted by atomic mass is 32.2. The molecular weight excluding hydrogens is 441 g/mol. The average Bonchev–Trinajstić information content (AvgIpc) is 3.09. The van der Waals surface area contributed by atoms with Crippen LogP contribution in [0.2, 0.25) is 0 Å². The predicted molar refractivity (Wildman–Crippen MR) is 128 cm³/mol. The van der Waals surface area contributed by atoms with Crippen LogP contribution in [0.5, 0.6) is 0 Å². The minimum atomic E-state index is -0.416. The maximum Gasteiger partial charge on any atom is 0.290 e. The van der Waals surface area contributed by atoms with Gasteiger partial charge in [0.15, 0.2) is 0 Å². The SMILES string of the molecule is Cc1nc(-c2ccc(N3CCC[C@@H](N)C3)c(F)c2)c2cc(/C=C3\SC(=O)NC3=O)ccc2n1. The van der Waals surface area contributed by atoms with Gasteiger partial charge in [0, 0.05) is 30.1 Å². The van der Waals surface area contributed by atoms with Gasteiger partial charge in [-0.1, -0.05) is 12.1 Å². The molecule has 33 heavy (non-hydrogen) atoms. The van der Waals surface area contributed by atoms with Gasteiger partial charge >= 0.3 is 0 Å². The Hall–Kier alpha value is -3.30. The molecule has 2 aromatic carbocycles. The van der Waals surface area contributed by atoms with E-state index in [-0.39, 0.29) is 11.9 Å². The number of halogens is 1. The Kier molecular flexibility index (Phi) is 5.59. The first-order valence-corrected chi connectivity index (χ1v) is 11.5. The molecule has 3 heterocycles. The highest BCUT2D eigenvalue weighted by molar-refractivity contribution is 8.18. The highest BCUT2D eigenvalue weighted by Gasteiger charge is 2.25. The number of aryl methyl sites for hydroxylation is 1. The van der Waals surface area contributed by atoms with E-state index in [0.29, 0.717) is 39.7 Å². The van der Waals surface area contributed by atoms with Gasteiger partial charge in [-0.25, -0.2) is 14.4 Å². The maximum absolute atomic E-state index is 15.2. The summed E-state index contributed by atoms with van der Waals surface area (Å²) >= 11 is 0.861. The van der Waals surface area contributed by atoms with Crippen molar-refractivity contribution in [1.82, 2.24) is 15.3 Å². The number of carbonyl (C=O) groups excluding carboxylic acids is 2. The van der Waals surface area contributed by atoms with Crippen molar-refractivity contribution in [1.29, 1.82) is 0 Å². The number of hydrogen-bond acceptors (Lipinski definition) is 7. The number of amides is 2. The van der Waals surface area contributed by atoms with Crippen LogP contribution in [0.3, 0.4) is 0 Å². The van der Waals surface area contributed by atoms with Crippen LogP contribution in [0.1, 0.15) is 24.2 Å². The van der Waals surface area contributed by atoms with Crippen LogP contribution in [0, 0.1) is 12.7 Å². The van der Waals surface area contributed by atoms with E-state index in [9.17, 15) is 9.59 Å². The van der Waals surface area contributed by atoms with Gasteiger partial charge in [-0.2, -0.15) is 0 Å². The van der Waals surface area contributed by atoms with Crippen LogP contribution in [0.15, 0.2) is 41.3 Å². The van der Waals surface area contributed by atoms with Crippen LogP contribution in [-0.2, 0) is 4.79 Å². The third kappa shape index (κ3) is 4.34. The van der Waals surface area contributed by atoms with E-state index in [4.69, 9.17) is 5.73 Å². The van der Waals surface area contributed by atoms with Gasteiger partial charge < -0.3 is 10.6 Å². The van der Waals surface area contributed by atoms with Gasteiger partial charge in [0.25, 0.3) is 11.1 Å². The molecule has 2 aliphatic heterocycles. The summed E-state index contributed by atoms with van der Waals surface area (Å²) in [5, 5.41) is 2.59.